The molecule has 0 saturated carbocycles. The fraction of sp³-hybridized carbons (Fsp3) is 0.321. The van der Waals surface area contributed by atoms with Crippen molar-refractivity contribution in [1.82, 2.24) is 15.2 Å². The van der Waals surface area contributed by atoms with Crippen molar-refractivity contribution in [3.63, 3.8) is 0 Å². The van der Waals surface area contributed by atoms with E-state index < -0.39 is 23.2 Å². The first-order chi connectivity index (χ1) is 18.3. The van der Waals surface area contributed by atoms with E-state index in [0.29, 0.717) is 31.3 Å². The lowest BCUT2D eigenvalue weighted by atomic mass is 9.69. The quantitative estimate of drug-likeness (QED) is 0.451. The van der Waals surface area contributed by atoms with Crippen molar-refractivity contribution < 1.29 is 18.7 Å². The van der Waals surface area contributed by atoms with Crippen LogP contribution in [0.5, 0.6) is 5.75 Å². The van der Waals surface area contributed by atoms with E-state index in [0.717, 1.165) is 11.1 Å². The minimum atomic E-state index is -1.29. The van der Waals surface area contributed by atoms with Gasteiger partial charge < -0.3 is 15.4 Å². The summed E-state index contributed by atoms with van der Waals surface area (Å²) in [4.78, 5) is 33.9. The molecule has 2 fully saturated rings. The van der Waals surface area contributed by atoms with E-state index >= 15 is 4.39 Å². The van der Waals surface area contributed by atoms with Gasteiger partial charge >= 0.3 is 0 Å². The third kappa shape index (κ3) is 3.85. The van der Waals surface area contributed by atoms with E-state index in [1.54, 1.807) is 18.2 Å². The van der Waals surface area contributed by atoms with Gasteiger partial charge in [0, 0.05) is 31.5 Å². The zero-order valence-corrected chi connectivity index (χ0v) is 22.0. The number of rotatable bonds is 5. The number of amides is 2. The highest BCUT2D eigenvalue weighted by molar-refractivity contribution is 6.30. The third-order valence-electron chi connectivity index (χ3n) is 7.90. The first kappa shape index (κ1) is 25.1. The molecule has 0 bridgehead atoms. The molecule has 2 aromatic carbocycles. The molecule has 196 valence electrons. The molecule has 1 aromatic heterocycles. The van der Waals surface area contributed by atoms with Crippen LogP contribution in [-0.4, -0.2) is 46.4 Å². The van der Waals surface area contributed by atoms with Crippen LogP contribution in [0.3, 0.4) is 0 Å². The van der Waals surface area contributed by atoms with Gasteiger partial charge in [0.1, 0.15) is 28.1 Å². The fourth-order valence-electron chi connectivity index (χ4n) is 6.43. The van der Waals surface area contributed by atoms with Crippen LogP contribution in [0.2, 0.25) is 10.2 Å². The number of aromatic nitrogens is 1. The van der Waals surface area contributed by atoms with Gasteiger partial charge in [-0.1, -0.05) is 53.5 Å². The number of carbonyl (C=O) groups excluding carboxylic acids is 2. The Morgan fingerprint density at radius 3 is 2.79 bits per heavy atom. The molecular weight excluding hydrogens is 530 g/mol. The lowest BCUT2D eigenvalue weighted by Crippen LogP contribution is -2.61. The Balaban J connectivity index is 1.55. The number of fused-ring (bicyclic) bond motifs is 2. The zero-order valence-electron chi connectivity index (χ0n) is 20.5. The highest BCUT2D eigenvalue weighted by Crippen LogP contribution is 2.55. The van der Waals surface area contributed by atoms with Gasteiger partial charge in [-0.25, -0.2) is 9.37 Å². The van der Waals surface area contributed by atoms with Gasteiger partial charge in [0.15, 0.2) is 0 Å². The number of benzene rings is 2. The molecule has 38 heavy (non-hydrogen) atoms. The van der Waals surface area contributed by atoms with Crippen molar-refractivity contribution in [2.24, 2.45) is 5.92 Å². The first-order valence-corrected chi connectivity index (χ1v) is 13.3. The first-order valence-electron chi connectivity index (χ1n) is 12.5. The molecule has 3 aliphatic rings. The molecule has 2 saturated heterocycles. The summed E-state index contributed by atoms with van der Waals surface area (Å²) < 4.78 is 21.4. The summed E-state index contributed by atoms with van der Waals surface area (Å²) in [5.41, 5.74) is 0.627. The van der Waals surface area contributed by atoms with Crippen molar-refractivity contribution in [2.45, 2.75) is 37.4 Å². The maximum Gasteiger partial charge on any atom is 0.247 e. The van der Waals surface area contributed by atoms with Gasteiger partial charge in [0.25, 0.3) is 0 Å². The van der Waals surface area contributed by atoms with Gasteiger partial charge in [-0.15, -0.1) is 0 Å². The summed E-state index contributed by atoms with van der Waals surface area (Å²) >= 11 is 12.3. The van der Waals surface area contributed by atoms with Crippen molar-refractivity contribution in [3.05, 3.63) is 87.3 Å². The summed E-state index contributed by atoms with van der Waals surface area (Å²) in [6.07, 6.45) is 0.223. The Kier molecular flexibility index (Phi) is 6.29. The van der Waals surface area contributed by atoms with E-state index in [2.05, 4.69) is 20.5 Å². The molecule has 1 spiro atoms. The summed E-state index contributed by atoms with van der Waals surface area (Å²) in [6.45, 7) is 3.12. The molecule has 4 heterocycles. The van der Waals surface area contributed by atoms with Crippen LogP contribution in [-0.2, 0) is 22.6 Å². The fourth-order valence-corrected chi connectivity index (χ4v) is 6.75. The summed E-state index contributed by atoms with van der Waals surface area (Å²) in [5, 5.41) is 6.07. The second-order valence-corrected chi connectivity index (χ2v) is 10.7. The summed E-state index contributed by atoms with van der Waals surface area (Å²) in [7, 11) is 0. The standard InChI is InChI=1S/C28H25Cl2FN4O3/c1-2-38-17-6-3-5-15(11-17)14-35-20-13-32-26(36)22(20)23(18-7-4-8-19(29)24(18)31)28(35)12-16-9-10-21(30)33-25(16)34-27(28)37/h3-11,20,22-23H,2,12-14H2,1H3,(H,32,36)(H,33,34,37)/t20-,22+,23-,28+/m0/s1. The molecule has 2 N–H and O–H groups in total. The number of nitrogens with one attached hydrogen (secondary N) is 2. The predicted octanol–water partition coefficient (Wildman–Crippen LogP) is 4.57. The van der Waals surface area contributed by atoms with Crippen LogP contribution in [0.15, 0.2) is 54.6 Å². The van der Waals surface area contributed by atoms with Crippen LogP contribution >= 0.6 is 23.2 Å². The van der Waals surface area contributed by atoms with Crippen molar-refractivity contribution in [1.29, 1.82) is 0 Å². The van der Waals surface area contributed by atoms with Crippen molar-refractivity contribution >= 4 is 40.8 Å². The third-order valence-corrected chi connectivity index (χ3v) is 8.40. The molecule has 3 aromatic rings. The maximum absolute atomic E-state index is 15.7. The molecule has 10 heteroatoms. The number of hydrogen-bond acceptors (Lipinski definition) is 5. The largest absolute Gasteiger partial charge is 0.494 e. The zero-order chi connectivity index (χ0) is 26.6. The summed E-state index contributed by atoms with van der Waals surface area (Å²) in [5.74, 6) is -1.56. The Labute approximate surface area is 229 Å². The van der Waals surface area contributed by atoms with Crippen LogP contribution in [0.1, 0.15) is 29.5 Å². The molecule has 0 radical (unpaired) electrons. The van der Waals surface area contributed by atoms with Crippen LogP contribution in [0.4, 0.5) is 10.2 Å². The minimum Gasteiger partial charge on any atom is -0.494 e. The number of carbonyl (C=O) groups is 2. The van der Waals surface area contributed by atoms with E-state index in [1.165, 1.54) is 6.07 Å². The van der Waals surface area contributed by atoms with Crippen LogP contribution < -0.4 is 15.4 Å². The van der Waals surface area contributed by atoms with E-state index in [4.69, 9.17) is 27.9 Å². The number of pyridine rings is 1. The normalized spacial score (nSPS) is 26.2. The SMILES string of the molecule is CCOc1cccc(CN2[C@H]3CNC(=O)[C@H]3[C@H](c3cccc(Cl)c3F)[C@@]23Cc2ccc(Cl)nc2NC3=O)c1. The highest BCUT2D eigenvalue weighted by atomic mass is 35.5. The molecule has 2 amide bonds. The smallest absolute Gasteiger partial charge is 0.247 e. The molecule has 3 aliphatic heterocycles. The van der Waals surface area contributed by atoms with Gasteiger partial charge in [-0.2, -0.15) is 0 Å². The Morgan fingerprint density at radius 2 is 1.97 bits per heavy atom. The number of halogens is 3. The van der Waals surface area contributed by atoms with Gasteiger partial charge in [-0.05, 0) is 47.9 Å². The van der Waals surface area contributed by atoms with E-state index in [1.807, 2.05) is 37.3 Å². The van der Waals surface area contributed by atoms with E-state index in [-0.39, 0.29) is 40.0 Å². The predicted molar refractivity (Wildman–Crippen MR) is 142 cm³/mol. The highest BCUT2D eigenvalue weighted by Gasteiger charge is 2.67. The van der Waals surface area contributed by atoms with E-state index in [9.17, 15) is 9.59 Å². The average Bonchev–Trinajstić information content (AvgIpc) is 3.38. The van der Waals surface area contributed by atoms with Crippen LogP contribution in [0.25, 0.3) is 0 Å². The molecule has 0 unspecified atom stereocenters. The Hall–Kier alpha value is -3.20. The topological polar surface area (TPSA) is 83.6 Å². The Morgan fingerprint density at radius 1 is 1.16 bits per heavy atom. The number of ether oxygens (including phenoxy) is 1. The molecular formula is C28H25Cl2FN4O3. The lowest BCUT2D eigenvalue weighted by molar-refractivity contribution is -0.129. The molecule has 7 nitrogen and oxygen atoms in total. The molecule has 6 rings (SSSR count). The molecule has 4 atom stereocenters. The number of likely N-dealkylation sites (tertiary alicyclic amines) is 1. The average molecular weight is 555 g/mol. The van der Waals surface area contributed by atoms with Gasteiger partial charge in [-0.3, -0.25) is 14.5 Å². The second-order valence-electron chi connectivity index (χ2n) is 9.86. The van der Waals surface area contributed by atoms with Crippen molar-refractivity contribution in [2.75, 3.05) is 18.5 Å². The van der Waals surface area contributed by atoms with Crippen LogP contribution in [0, 0.1) is 11.7 Å². The summed E-state index contributed by atoms with van der Waals surface area (Å²) in [6, 6.07) is 15.5. The maximum atomic E-state index is 15.7. The minimum absolute atomic E-state index is 0.0551. The monoisotopic (exact) mass is 554 g/mol. The second kappa shape index (κ2) is 9.52. The lowest BCUT2D eigenvalue weighted by Gasteiger charge is -2.45. The Bertz CT molecular complexity index is 1450. The number of nitrogens with zero attached hydrogens (tertiary/aromatic N) is 2. The van der Waals surface area contributed by atoms with Gasteiger partial charge in [0.2, 0.25) is 11.8 Å². The number of hydrogen-bond donors (Lipinski definition) is 2. The number of anilines is 1. The van der Waals surface area contributed by atoms with Gasteiger partial charge in [0.05, 0.1) is 17.5 Å². The molecule has 0 aliphatic carbocycles. The van der Waals surface area contributed by atoms with Crippen molar-refractivity contribution in [3.8, 4) is 5.75 Å².